The van der Waals surface area contributed by atoms with Gasteiger partial charge in [-0.2, -0.15) is 0 Å². The van der Waals surface area contributed by atoms with E-state index in [1.165, 1.54) is 5.56 Å². The summed E-state index contributed by atoms with van der Waals surface area (Å²) in [6.45, 7) is 2.42. The largest absolute Gasteiger partial charge is 0.383 e. The Morgan fingerprint density at radius 2 is 2.14 bits per heavy atom. The molecular weight excluding hydrogens is 390 g/mol. The molecular formula is C13H16BrN3OS3. The van der Waals surface area contributed by atoms with Crippen LogP contribution in [0.3, 0.4) is 0 Å². The lowest BCUT2D eigenvalue weighted by atomic mass is 10.2. The van der Waals surface area contributed by atoms with Crippen molar-refractivity contribution >= 4 is 50.8 Å². The molecule has 0 spiro atoms. The van der Waals surface area contributed by atoms with Crippen LogP contribution in [-0.4, -0.2) is 36.7 Å². The van der Waals surface area contributed by atoms with E-state index >= 15 is 0 Å². The molecule has 0 unspecified atom stereocenters. The third-order valence-electron chi connectivity index (χ3n) is 2.57. The molecule has 0 aliphatic rings. The fraction of sp³-hybridized carbons (Fsp3) is 0.385. The normalized spacial score (nSPS) is 11.0. The van der Waals surface area contributed by atoms with E-state index in [1.807, 2.05) is 6.26 Å². The van der Waals surface area contributed by atoms with E-state index in [0.717, 1.165) is 37.7 Å². The minimum absolute atomic E-state index is 0.726. The fourth-order valence-electron chi connectivity index (χ4n) is 1.56. The predicted octanol–water partition coefficient (Wildman–Crippen LogP) is 3.91. The van der Waals surface area contributed by atoms with Gasteiger partial charge in [0.25, 0.3) is 0 Å². The van der Waals surface area contributed by atoms with Crippen LogP contribution in [0.5, 0.6) is 0 Å². The smallest absolute Gasteiger partial charge is 0.179 e. The Morgan fingerprint density at radius 1 is 1.33 bits per heavy atom. The van der Waals surface area contributed by atoms with Crippen LogP contribution in [0.1, 0.15) is 5.56 Å². The highest BCUT2D eigenvalue weighted by atomic mass is 79.9. The van der Waals surface area contributed by atoms with Crippen LogP contribution < -0.4 is 5.32 Å². The molecule has 0 aliphatic heterocycles. The highest BCUT2D eigenvalue weighted by Gasteiger charge is 2.08. The molecule has 114 valence electrons. The quantitative estimate of drug-likeness (QED) is 0.530. The first-order chi connectivity index (χ1) is 10.2. The molecule has 21 heavy (non-hydrogen) atoms. The lowest BCUT2D eigenvalue weighted by Gasteiger charge is -2.07. The van der Waals surface area contributed by atoms with Crippen LogP contribution in [0.4, 0.5) is 0 Å². The van der Waals surface area contributed by atoms with Crippen molar-refractivity contribution in [3.05, 3.63) is 28.2 Å². The van der Waals surface area contributed by atoms with Crippen molar-refractivity contribution in [2.45, 2.75) is 20.1 Å². The van der Waals surface area contributed by atoms with Gasteiger partial charge in [0.05, 0.1) is 6.61 Å². The summed E-state index contributed by atoms with van der Waals surface area (Å²) in [6.07, 6.45) is 2.01. The van der Waals surface area contributed by atoms with E-state index in [9.17, 15) is 0 Å². The summed E-state index contributed by atoms with van der Waals surface area (Å²) >= 11 is 8.50. The molecule has 1 heterocycles. The number of rotatable bonds is 8. The SMILES string of the molecule is COCCNCc1ccc(Sc2nnc(SC)s2)c(Br)c1. The summed E-state index contributed by atoms with van der Waals surface area (Å²) in [7, 11) is 1.71. The standard InChI is InChI=1S/C13H16BrN3OS3/c1-18-6-5-15-8-9-3-4-11(10(14)7-9)20-13-17-16-12(19-2)21-13/h3-4,7,15H,5-6,8H2,1-2H3. The summed E-state index contributed by atoms with van der Waals surface area (Å²) in [5, 5.41) is 11.6. The van der Waals surface area contributed by atoms with Gasteiger partial charge in [-0.3, -0.25) is 0 Å². The van der Waals surface area contributed by atoms with Crippen LogP contribution in [0.25, 0.3) is 0 Å². The van der Waals surface area contributed by atoms with Crippen molar-refractivity contribution in [2.75, 3.05) is 26.5 Å². The molecule has 0 saturated heterocycles. The Morgan fingerprint density at radius 3 is 2.81 bits per heavy atom. The molecule has 4 nitrogen and oxygen atoms in total. The van der Waals surface area contributed by atoms with Crippen molar-refractivity contribution < 1.29 is 4.74 Å². The number of ether oxygens (including phenoxy) is 1. The van der Waals surface area contributed by atoms with Crippen LogP contribution in [0, 0.1) is 0 Å². The van der Waals surface area contributed by atoms with Gasteiger partial charge in [0.15, 0.2) is 8.68 Å². The first-order valence-corrected chi connectivity index (χ1v) is 9.91. The topological polar surface area (TPSA) is 47.0 Å². The van der Waals surface area contributed by atoms with Crippen molar-refractivity contribution in [3.63, 3.8) is 0 Å². The number of nitrogens with one attached hydrogen (secondary N) is 1. The van der Waals surface area contributed by atoms with Crippen molar-refractivity contribution in [1.82, 2.24) is 15.5 Å². The van der Waals surface area contributed by atoms with E-state index in [2.05, 4.69) is 49.6 Å². The fourth-order valence-corrected chi connectivity index (χ4v) is 4.63. The molecule has 0 saturated carbocycles. The number of aromatic nitrogens is 2. The second-order valence-corrected chi connectivity index (χ2v) is 8.25. The average Bonchev–Trinajstić information content (AvgIpc) is 2.94. The number of thioether (sulfide) groups is 1. The highest BCUT2D eigenvalue weighted by molar-refractivity contribution is 9.10. The summed E-state index contributed by atoms with van der Waals surface area (Å²) < 4.78 is 8.05. The van der Waals surface area contributed by atoms with Gasteiger partial charge >= 0.3 is 0 Å². The minimum Gasteiger partial charge on any atom is -0.383 e. The third kappa shape index (κ3) is 5.54. The second kappa shape index (κ2) is 9.12. The second-order valence-electron chi connectivity index (χ2n) is 4.07. The number of nitrogens with zero attached hydrogens (tertiary/aromatic N) is 2. The first kappa shape index (κ1) is 17.2. The zero-order chi connectivity index (χ0) is 15.1. The Balaban J connectivity index is 1.95. The van der Waals surface area contributed by atoms with E-state index in [0.29, 0.717) is 0 Å². The van der Waals surface area contributed by atoms with E-state index in [-0.39, 0.29) is 0 Å². The molecule has 0 fully saturated rings. The van der Waals surface area contributed by atoms with Gasteiger partial charge in [-0.15, -0.1) is 10.2 Å². The average molecular weight is 406 g/mol. The van der Waals surface area contributed by atoms with Gasteiger partial charge in [0.2, 0.25) is 0 Å². The van der Waals surface area contributed by atoms with Gasteiger partial charge in [0, 0.05) is 29.6 Å². The summed E-state index contributed by atoms with van der Waals surface area (Å²) in [5.41, 5.74) is 1.24. The Hall–Kier alpha value is -0.120. The molecule has 0 radical (unpaired) electrons. The maximum atomic E-state index is 5.01. The van der Waals surface area contributed by atoms with Crippen LogP contribution in [0.15, 0.2) is 36.2 Å². The molecule has 2 aromatic rings. The lowest BCUT2D eigenvalue weighted by Crippen LogP contribution is -2.18. The molecule has 2 rings (SSSR count). The van der Waals surface area contributed by atoms with Crippen LogP contribution >= 0.6 is 50.8 Å². The van der Waals surface area contributed by atoms with E-state index < -0.39 is 0 Å². The molecule has 0 aliphatic carbocycles. The van der Waals surface area contributed by atoms with Crippen LogP contribution in [0.2, 0.25) is 0 Å². The summed E-state index contributed by atoms with van der Waals surface area (Å²) in [4.78, 5) is 1.15. The molecule has 0 amide bonds. The van der Waals surface area contributed by atoms with E-state index in [1.54, 1.807) is 42.0 Å². The number of halogens is 1. The van der Waals surface area contributed by atoms with Gasteiger partial charge in [0.1, 0.15) is 0 Å². The van der Waals surface area contributed by atoms with Gasteiger partial charge in [-0.1, -0.05) is 40.9 Å². The van der Waals surface area contributed by atoms with Gasteiger partial charge in [-0.05, 0) is 39.9 Å². The predicted molar refractivity (Wildman–Crippen MR) is 93.5 cm³/mol. The first-order valence-electron chi connectivity index (χ1n) is 6.26. The monoisotopic (exact) mass is 405 g/mol. The summed E-state index contributed by atoms with van der Waals surface area (Å²) in [5.74, 6) is 0. The van der Waals surface area contributed by atoms with Crippen molar-refractivity contribution in [3.8, 4) is 0 Å². The Kier molecular flexibility index (Phi) is 7.48. The molecule has 0 bridgehead atoms. The highest BCUT2D eigenvalue weighted by Crippen LogP contribution is 2.36. The number of hydrogen-bond donors (Lipinski definition) is 1. The Labute approximate surface area is 145 Å². The zero-order valence-corrected chi connectivity index (χ0v) is 15.8. The van der Waals surface area contributed by atoms with Gasteiger partial charge < -0.3 is 10.1 Å². The minimum atomic E-state index is 0.726. The molecule has 1 N–H and O–H groups in total. The molecule has 1 aromatic heterocycles. The van der Waals surface area contributed by atoms with Gasteiger partial charge in [-0.25, -0.2) is 0 Å². The van der Waals surface area contributed by atoms with E-state index in [4.69, 9.17) is 4.74 Å². The van der Waals surface area contributed by atoms with Crippen LogP contribution in [-0.2, 0) is 11.3 Å². The maximum Gasteiger partial charge on any atom is 0.179 e. The molecule has 8 heteroatoms. The lowest BCUT2D eigenvalue weighted by molar-refractivity contribution is 0.199. The molecule has 0 atom stereocenters. The number of methoxy groups -OCH3 is 1. The molecule has 1 aromatic carbocycles. The zero-order valence-electron chi connectivity index (χ0n) is 11.8. The Bertz CT molecular complexity index is 580. The summed E-state index contributed by atoms with van der Waals surface area (Å²) in [6, 6.07) is 6.38. The van der Waals surface area contributed by atoms with Crippen molar-refractivity contribution in [1.29, 1.82) is 0 Å². The number of hydrogen-bond acceptors (Lipinski definition) is 7. The maximum absolute atomic E-state index is 5.01. The third-order valence-corrected chi connectivity index (χ3v) is 6.51. The van der Waals surface area contributed by atoms with Crippen molar-refractivity contribution in [2.24, 2.45) is 0 Å². The number of benzene rings is 1.